The smallest absolute Gasteiger partial charge is 0.412 e. The van der Waals surface area contributed by atoms with Gasteiger partial charge in [-0.1, -0.05) is 85.0 Å². The van der Waals surface area contributed by atoms with Crippen LogP contribution in [-0.2, 0) is 16.1 Å². The molecule has 0 radical (unpaired) electrons. The first-order valence-electron chi connectivity index (χ1n) is 9.75. The van der Waals surface area contributed by atoms with E-state index in [1.54, 1.807) is 0 Å². The molecule has 0 aromatic heterocycles. The number of hydrogen-bond donors (Lipinski definition) is 0. The zero-order valence-electron chi connectivity index (χ0n) is 15.8. The van der Waals surface area contributed by atoms with Gasteiger partial charge in [-0.3, -0.25) is 4.90 Å². The fourth-order valence-electron chi connectivity index (χ4n) is 4.37. The molecule has 26 heavy (non-hydrogen) atoms. The molecule has 144 valence electrons. The maximum atomic E-state index is 13.0. The molecule has 1 aliphatic heterocycles. The lowest BCUT2D eigenvalue weighted by Gasteiger charge is -2.35. The second-order valence-electron chi connectivity index (χ2n) is 7.97. The van der Waals surface area contributed by atoms with Crippen molar-refractivity contribution in [1.82, 2.24) is 4.90 Å². The van der Waals surface area contributed by atoms with Gasteiger partial charge in [0.25, 0.3) is 0 Å². The molecule has 1 aromatic rings. The van der Waals surface area contributed by atoms with Crippen molar-refractivity contribution in [2.75, 3.05) is 4.43 Å². The SMILES string of the molecule is CC1(C)O[C@H](CI)[C@H](CC2CCCCC2)N1C(=O)OCc1ccccc1. The molecule has 1 aliphatic carbocycles. The standard InChI is InChI=1S/C21H30INO3/c1-21(2)23(20(24)25-15-17-11-7-4-8-12-17)18(19(14-22)26-21)13-16-9-5-3-6-10-16/h4,7-8,11-12,16,18-19H,3,5-6,9-10,13-15H2,1-2H3/t18-,19+/m0/s1. The van der Waals surface area contributed by atoms with E-state index in [9.17, 15) is 4.79 Å². The predicted molar refractivity (Wildman–Crippen MR) is 111 cm³/mol. The molecule has 0 bridgehead atoms. The lowest BCUT2D eigenvalue weighted by molar-refractivity contribution is -0.0655. The molecule has 1 amide bonds. The number of ether oxygens (including phenoxy) is 2. The number of rotatable bonds is 5. The van der Waals surface area contributed by atoms with E-state index < -0.39 is 5.72 Å². The highest BCUT2D eigenvalue weighted by Gasteiger charge is 2.50. The first-order valence-corrected chi connectivity index (χ1v) is 11.3. The van der Waals surface area contributed by atoms with Crippen LogP contribution in [0.2, 0.25) is 0 Å². The lowest BCUT2D eigenvalue weighted by atomic mass is 9.83. The van der Waals surface area contributed by atoms with Crippen molar-refractivity contribution in [2.24, 2.45) is 5.92 Å². The summed E-state index contributed by atoms with van der Waals surface area (Å²) in [6.07, 6.45) is 7.38. The monoisotopic (exact) mass is 471 g/mol. The Kier molecular flexibility index (Phi) is 6.83. The number of carbonyl (C=O) groups excluding carboxylic acids is 1. The van der Waals surface area contributed by atoms with Crippen LogP contribution in [0.3, 0.4) is 0 Å². The Balaban J connectivity index is 1.70. The average Bonchev–Trinajstić information content (AvgIpc) is 2.91. The van der Waals surface area contributed by atoms with Crippen LogP contribution in [0.4, 0.5) is 4.79 Å². The fraction of sp³-hybridized carbons (Fsp3) is 0.667. The van der Waals surface area contributed by atoms with Gasteiger partial charge in [0.05, 0.1) is 12.1 Å². The van der Waals surface area contributed by atoms with Crippen LogP contribution >= 0.6 is 22.6 Å². The van der Waals surface area contributed by atoms with Crippen LogP contribution in [0.25, 0.3) is 0 Å². The summed E-state index contributed by atoms with van der Waals surface area (Å²) in [5, 5.41) is 0. The summed E-state index contributed by atoms with van der Waals surface area (Å²) in [7, 11) is 0. The Bertz CT molecular complexity index is 586. The third-order valence-corrected chi connectivity index (χ3v) is 6.50. The number of benzene rings is 1. The van der Waals surface area contributed by atoms with E-state index in [1.807, 2.05) is 49.1 Å². The summed E-state index contributed by atoms with van der Waals surface area (Å²) in [5.74, 6) is 0.695. The molecule has 1 aromatic carbocycles. The van der Waals surface area contributed by atoms with Crippen LogP contribution < -0.4 is 0 Å². The quantitative estimate of drug-likeness (QED) is 0.419. The number of hydrogen-bond acceptors (Lipinski definition) is 3. The number of amides is 1. The van der Waals surface area contributed by atoms with E-state index in [0.29, 0.717) is 12.5 Å². The Labute approximate surface area is 170 Å². The van der Waals surface area contributed by atoms with Gasteiger partial charge in [0, 0.05) is 4.43 Å². The lowest BCUT2D eigenvalue weighted by Crippen LogP contribution is -2.49. The molecule has 3 rings (SSSR count). The topological polar surface area (TPSA) is 38.8 Å². The Hall–Kier alpha value is -0.820. The molecular formula is C21H30INO3. The summed E-state index contributed by atoms with van der Waals surface area (Å²) in [5.41, 5.74) is 0.385. The normalized spacial score (nSPS) is 26.0. The number of halogens is 1. The van der Waals surface area contributed by atoms with E-state index in [0.717, 1.165) is 16.4 Å². The van der Waals surface area contributed by atoms with Crippen LogP contribution in [0.5, 0.6) is 0 Å². The zero-order valence-corrected chi connectivity index (χ0v) is 18.0. The van der Waals surface area contributed by atoms with Crippen LogP contribution in [0, 0.1) is 5.92 Å². The highest BCUT2D eigenvalue weighted by molar-refractivity contribution is 14.1. The fourth-order valence-corrected chi connectivity index (χ4v) is 5.14. The van der Waals surface area contributed by atoms with Crippen molar-refractivity contribution < 1.29 is 14.3 Å². The molecule has 1 saturated carbocycles. The minimum Gasteiger partial charge on any atom is -0.444 e. The summed E-state index contributed by atoms with van der Waals surface area (Å²) in [4.78, 5) is 14.8. The van der Waals surface area contributed by atoms with Gasteiger partial charge >= 0.3 is 6.09 Å². The van der Waals surface area contributed by atoms with E-state index in [2.05, 4.69) is 22.6 Å². The van der Waals surface area contributed by atoms with Gasteiger partial charge in [0.15, 0.2) is 0 Å². The molecule has 5 heteroatoms. The van der Waals surface area contributed by atoms with Gasteiger partial charge in [0.1, 0.15) is 12.3 Å². The zero-order chi connectivity index (χ0) is 18.6. The minimum absolute atomic E-state index is 0.0804. The van der Waals surface area contributed by atoms with Gasteiger partial charge in [0.2, 0.25) is 0 Å². The number of alkyl halides is 1. The van der Waals surface area contributed by atoms with E-state index in [4.69, 9.17) is 9.47 Å². The van der Waals surface area contributed by atoms with Crippen molar-refractivity contribution >= 4 is 28.7 Å². The Morgan fingerprint density at radius 1 is 1.23 bits per heavy atom. The summed E-state index contributed by atoms with van der Waals surface area (Å²) < 4.78 is 12.8. The van der Waals surface area contributed by atoms with E-state index >= 15 is 0 Å². The third kappa shape index (κ3) is 4.71. The maximum absolute atomic E-state index is 13.0. The van der Waals surface area contributed by atoms with Gasteiger partial charge in [-0.05, 0) is 31.7 Å². The van der Waals surface area contributed by atoms with Crippen molar-refractivity contribution in [2.45, 2.75) is 76.9 Å². The molecule has 0 N–H and O–H groups in total. The van der Waals surface area contributed by atoms with Gasteiger partial charge < -0.3 is 9.47 Å². The second-order valence-corrected chi connectivity index (χ2v) is 8.86. The second kappa shape index (κ2) is 8.91. The maximum Gasteiger partial charge on any atom is 0.412 e. The molecule has 1 heterocycles. The summed E-state index contributed by atoms with van der Waals surface area (Å²) in [6, 6.07) is 9.95. The van der Waals surface area contributed by atoms with Crippen molar-refractivity contribution in [3.63, 3.8) is 0 Å². The Morgan fingerprint density at radius 3 is 2.58 bits per heavy atom. The van der Waals surface area contributed by atoms with Crippen LogP contribution in [-0.4, -0.2) is 33.3 Å². The van der Waals surface area contributed by atoms with Gasteiger partial charge in [-0.25, -0.2) is 4.79 Å². The molecule has 0 spiro atoms. The largest absolute Gasteiger partial charge is 0.444 e. The summed E-state index contributed by atoms with van der Waals surface area (Å²) in [6.45, 7) is 4.27. The number of nitrogens with zero attached hydrogens (tertiary/aromatic N) is 1. The third-order valence-electron chi connectivity index (χ3n) is 5.63. The first kappa shape index (κ1) is 19.9. The molecule has 2 aliphatic rings. The highest BCUT2D eigenvalue weighted by Crippen LogP contribution is 2.39. The Morgan fingerprint density at radius 2 is 1.92 bits per heavy atom. The molecule has 0 unspecified atom stereocenters. The number of carbonyl (C=O) groups is 1. The van der Waals surface area contributed by atoms with Crippen LogP contribution in [0.1, 0.15) is 57.9 Å². The van der Waals surface area contributed by atoms with Crippen molar-refractivity contribution in [3.05, 3.63) is 35.9 Å². The predicted octanol–water partition coefficient (Wildman–Crippen LogP) is 5.53. The van der Waals surface area contributed by atoms with Crippen molar-refractivity contribution in [3.8, 4) is 0 Å². The van der Waals surface area contributed by atoms with E-state index in [-0.39, 0.29) is 18.2 Å². The highest BCUT2D eigenvalue weighted by atomic mass is 127. The van der Waals surface area contributed by atoms with Gasteiger partial charge in [-0.15, -0.1) is 0 Å². The van der Waals surface area contributed by atoms with Gasteiger partial charge in [-0.2, -0.15) is 0 Å². The summed E-state index contributed by atoms with van der Waals surface area (Å²) >= 11 is 2.38. The molecule has 1 saturated heterocycles. The molecular weight excluding hydrogens is 441 g/mol. The minimum atomic E-state index is -0.622. The molecule has 4 nitrogen and oxygen atoms in total. The van der Waals surface area contributed by atoms with Crippen LogP contribution in [0.15, 0.2) is 30.3 Å². The first-order chi connectivity index (χ1) is 12.5. The average molecular weight is 471 g/mol. The van der Waals surface area contributed by atoms with Crippen molar-refractivity contribution in [1.29, 1.82) is 0 Å². The van der Waals surface area contributed by atoms with E-state index in [1.165, 1.54) is 32.1 Å². The molecule has 2 atom stereocenters. The molecule has 2 fully saturated rings.